The predicted octanol–water partition coefficient (Wildman–Crippen LogP) is 3.56. The van der Waals surface area contributed by atoms with Crippen LogP contribution in [-0.4, -0.2) is 22.7 Å². The van der Waals surface area contributed by atoms with Crippen LogP contribution in [0.1, 0.15) is 50.7 Å². The minimum Gasteiger partial charge on any atom is -0.400 e. The minimum absolute atomic E-state index is 0.642. The van der Waals surface area contributed by atoms with Gasteiger partial charge in [0.1, 0.15) is 0 Å². The topological polar surface area (TPSA) is 60.7 Å². The van der Waals surface area contributed by atoms with Crippen LogP contribution in [0.3, 0.4) is 0 Å². The van der Waals surface area contributed by atoms with Crippen LogP contribution < -0.4 is 0 Å². The Morgan fingerprint density at radius 3 is 1.38 bits per heavy atom. The van der Waals surface area contributed by atoms with Gasteiger partial charge in [0.05, 0.1) is 0 Å². The van der Waals surface area contributed by atoms with Crippen LogP contribution in [0.5, 0.6) is 0 Å². The van der Waals surface area contributed by atoms with Crippen molar-refractivity contribution < 1.29 is 15.6 Å². The molecule has 0 heterocycles. The van der Waals surface area contributed by atoms with Gasteiger partial charge in [-0.2, -0.15) is 0 Å². The Bertz CT molecular complexity index is 234. The second kappa shape index (κ2) is 10.6. The molecule has 0 aromatic heterocycles. The summed E-state index contributed by atoms with van der Waals surface area (Å²) in [6, 6.07) is 8.88. The van der Waals surface area contributed by atoms with Gasteiger partial charge in [0.15, 0.2) is 0 Å². The van der Waals surface area contributed by atoms with Crippen LogP contribution in [0.4, 0.5) is 0 Å². The summed E-state index contributed by atoms with van der Waals surface area (Å²) >= 11 is 0. The first-order valence-electron chi connectivity index (χ1n) is 5.36. The van der Waals surface area contributed by atoms with E-state index >= 15 is 0 Å². The first kappa shape index (κ1) is 17.5. The van der Waals surface area contributed by atoms with Crippen molar-refractivity contribution in [2.45, 2.75) is 39.5 Å². The summed E-state index contributed by atoms with van der Waals surface area (Å²) < 4.78 is 0. The maximum Gasteiger partial charge on any atom is 0.0319 e. The van der Waals surface area contributed by atoms with Crippen LogP contribution in [0.15, 0.2) is 24.3 Å². The van der Waals surface area contributed by atoms with Gasteiger partial charge in [-0.05, 0) is 23.0 Å². The normalized spacial score (nSPS) is 9.12. The van der Waals surface area contributed by atoms with E-state index in [1.807, 2.05) is 0 Å². The molecule has 16 heavy (non-hydrogen) atoms. The van der Waals surface area contributed by atoms with Crippen LogP contribution in [0.2, 0.25) is 0 Å². The van der Waals surface area contributed by atoms with Gasteiger partial charge >= 0.3 is 0 Å². The number of hydrogen-bond acceptors (Lipinski definition) is 3. The van der Waals surface area contributed by atoms with Crippen LogP contribution in [-0.2, 0) is 0 Å². The van der Waals surface area contributed by atoms with Crippen molar-refractivity contribution in [3.05, 3.63) is 35.4 Å². The number of benzene rings is 1. The molecule has 0 unspecified atom stereocenters. The third kappa shape index (κ3) is 6.56. The first-order valence-corrected chi connectivity index (χ1v) is 5.36. The van der Waals surface area contributed by atoms with E-state index in [0.717, 1.165) is 7.11 Å². The molecule has 94 valence electrons. The Balaban J connectivity index is 0. The number of aliphatic hydroxyl groups is 1. The molecule has 0 bridgehead atoms. The van der Waals surface area contributed by atoms with E-state index in [-0.39, 0.29) is 0 Å². The highest BCUT2D eigenvalue weighted by Crippen LogP contribution is 2.20. The fraction of sp³-hybridized carbons (Fsp3) is 0.538. The molecular weight excluding hydrogens is 204 g/mol. The summed E-state index contributed by atoms with van der Waals surface area (Å²) in [5.74, 6) is 1.28. The molecule has 3 N–H and O–H groups in total. The Kier molecular flexibility index (Phi) is 11.6. The van der Waals surface area contributed by atoms with Crippen molar-refractivity contribution in [2.75, 3.05) is 7.11 Å². The Morgan fingerprint density at radius 1 is 0.812 bits per heavy atom. The lowest BCUT2D eigenvalue weighted by Gasteiger charge is -2.09. The first-order chi connectivity index (χ1) is 7.61. The van der Waals surface area contributed by atoms with E-state index in [4.69, 9.17) is 15.6 Å². The fourth-order valence-corrected chi connectivity index (χ4v) is 1.28. The third-order valence-corrected chi connectivity index (χ3v) is 2.24. The molecule has 0 aliphatic heterocycles. The highest BCUT2D eigenvalue weighted by Gasteiger charge is 2.02. The maximum atomic E-state index is 7.00. The lowest BCUT2D eigenvalue weighted by atomic mass is 9.96. The van der Waals surface area contributed by atoms with Crippen molar-refractivity contribution in [1.29, 1.82) is 0 Å². The van der Waals surface area contributed by atoms with Crippen molar-refractivity contribution in [3.63, 3.8) is 0 Å². The van der Waals surface area contributed by atoms with E-state index in [9.17, 15) is 0 Å². The van der Waals surface area contributed by atoms with Crippen molar-refractivity contribution in [3.8, 4) is 0 Å². The molecule has 1 aromatic rings. The molecule has 0 spiro atoms. The van der Waals surface area contributed by atoms with Gasteiger partial charge in [-0.3, -0.25) is 10.5 Å². The Hall–Kier alpha value is -0.900. The fourth-order valence-electron chi connectivity index (χ4n) is 1.28. The molecule has 0 saturated heterocycles. The highest BCUT2D eigenvalue weighted by atomic mass is 17.0. The summed E-state index contributed by atoms with van der Waals surface area (Å²) in [5.41, 5.74) is 2.89. The smallest absolute Gasteiger partial charge is 0.0319 e. The molecule has 1 aromatic carbocycles. The molecule has 0 radical (unpaired) electrons. The van der Waals surface area contributed by atoms with Crippen LogP contribution in [0.25, 0.3) is 0 Å². The number of hydrogen-bond donors (Lipinski definition) is 3. The van der Waals surface area contributed by atoms with E-state index in [1.165, 1.54) is 11.1 Å². The van der Waals surface area contributed by atoms with Gasteiger partial charge in [0.25, 0.3) is 0 Å². The second-order valence-corrected chi connectivity index (χ2v) is 3.98. The molecule has 0 atom stereocenters. The van der Waals surface area contributed by atoms with Gasteiger partial charge < -0.3 is 5.11 Å². The zero-order chi connectivity index (χ0) is 13.1. The van der Waals surface area contributed by atoms with E-state index in [1.54, 1.807) is 0 Å². The SMILES string of the molecule is CC(C)c1cccc(C(C)C)c1.CO.OO. The second-order valence-electron chi connectivity index (χ2n) is 3.98. The van der Waals surface area contributed by atoms with Gasteiger partial charge in [0, 0.05) is 7.11 Å². The summed E-state index contributed by atoms with van der Waals surface area (Å²) in [5, 5.41) is 19.0. The average Bonchev–Trinajstić information content (AvgIpc) is 2.34. The predicted molar refractivity (Wildman–Crippen MR) is 68.0 cm³/mol. The molecule has 0 aliphatic rings. The third-order valence-electron chi connectivity index (χ3n) is 2.24. The molecule has 1 rings (SSSR count). The van der Waals surface area contributed by atoms with Crippen molar-refractivity contribution >= 4 is 0 Å². The highest BCUT2D eigenvalue weighted by molar-refractivity contribution is 5.27. The molecule has 3 heteroatoms. The summed E-state index contributed by atoms with van der Waals surface area (Å²) in [7, 11) is 1.00. The van der Waals surface area contributed by atoms with Crippen LogP contribution >= 0.6 is 0 Å². The summed E-state index contributed by atoms with van der Waals surface area (Å²) in [6.45, 7) is 8.94. The lowest BCUT2D eigenvalue weighted by Crippen LogP contribution is -1.91. The quantitative estimate of drug-likeness (QED) is 0.536. The molecule has 0 aliphatic carbocycles. The lowest BCUT2D eigenvalue weighted by molar-refractivity contribution is -0.176. The maximum absolute atomic E-state index is 7.00. The van der Waals surface area contributed by atoms with Crippen molar-refractivity contribution in [1.82, 2.24) is 0 Å². The monoisotopic (exact) mass is 228 g/mol. The molecule has 0 saturated carbocycles. The Morgan fingerprint density at radius 2 is 1.12 bits per heavy atom. The van der Waals surface area contributed by atoms with Gasteiger partial charge in [-0.25, -0.2) is 0 Å². The molecule has 0 fully saturated rings. The zero-order valence-corrected chi connectivity index (χ0v) is 10.8. The van der Waals surface area contributed by atoms with Gasteiger partial charge in [-0.15, -0.1) is 0 Å². The van der Waals surface area contributed by atoms with E-state index in [0.29, 0.717) is 11.8 Å². The van der Waals surface area contributed by atoms with E-state index < -0.39 is 0 Å². The number of aliphatic hydroxyl groups excluding tert-OH is 1. The van der Waals surface area contributed by atoms with Gasteiger partial charge in [0.2, 0.25) is 0 Å². The zero-order valence-electron chi connectivity index (χ0n) is 10.8. The van der Waals surface area contributed by atoms with Gasteiger partial charge in [-0.1, -0.05) is 52.0 Å². The van der Waals surface area contributed by atoms with Crippen molar-refractivity contribution in [2.24, 2.45) is 0 Å². The number of rotatable bonds is 2. The average molecular weight is 228 g/mol. The molecule has 3 nitrogen and oxygen atoms in total. The summed E-state index contributed by atoms with van der Waals surface area (Å²) in [4.78, 5) is 0. The molecular formula is C13H24O3. The van der Waals surface area contributed by atoms with Crippen LogP contribution in [0, 0.1) is 0 Å². The van der Waals surface area contributed by atoms with E-state index in [2.05, 4.69) is 52.0 Å². The minimum atomic E-state index is 0.642. The summed E-state index contributed by atoms with van der Waals surface area (Å²) in [6.07, 6.45) is 0. The largest absolute Gasteiger partial charge is 0.400 e. The Labute approximate surface area is 98.3 Å². The molecule has 0 amide bonds. The standard InChI is InChI=1S/C12H18.CH4O.H2O2/c1-9(2)11-6-5-7-12(8-11)10(3)4;2*1-2/h5-10H,1-4H3;2H,1H3;1-2H.